The number of benzene rings is 1. The van der Waals surface area contributed by atoms with Gasteiger partial charge in [-0.25, -0.2) is 9.78 Å². The molecule has 0 aliphatic carbocycles. The van der Waals surface area contributed by atoms with Crippen molar-refractivity contribution in [2.45, 2.75) is 32.2 Å². The molecule has 0 saturated heterocycles. The van der Waals surface area contributed by atoms with E-state index in [2.05, 4.69) is 0 Å². The summed E-state index contributed by atoms with van der Waals surface area (Å²) >= 11 is 0. The predicted octanol–water partition coefficient (Wildman–Crippen LogP) is 2.16. The highest BCUT2D eigenvalue weighted by molar-refractivity contribution is 6.12. The number of carbonyl (C=O) groups excluding carboxylic acids is 2. The van der Waals surface area contributed by atoms with E-state index in [0.717, 1.165) is 10.5 Å². The maximum absolute atomic E-state index is 11.5. The summed E-state index contributed by atoms with van der Waals surface area (Å²) < 4.78 is 5.19. The Bertz CT molecular complexity index is 564. The molecule has 2 amide bonds. The predicted molar refractivity (Wildman–Crippen MR) is 82.9 cm³/mol. The number of imide groups is 1. The second kappa shape index (κ2) is 7.50. The summed E-state index contributed by atoms with van der Waals surface area (Å²) in [5, 5.41) is 0. The van der Waals surface area contributed by atoms with E-state index in [1.165, 1.54) is 19.3 Å². The van der Waals surface area contributed by atoms with Gasteiger partial charge in [-0.05, 0) is 19.4 Å². The summed E-state index contributed by atoms with van der Waals surface area (Å²) in [4.78, 5) is 35.0. The Morgan fingerprint density at radius 1 is 1.09 bits per heavy atom. The van der Waals surface area contributed by atoms with Gasteiger partial charge >= 0.3 is 0 Å². The van der Waals surface area contributed by atoms with E-state index in [4.69, 9.17) is 14.5 Å². The Kier molecular flexibility index (Phi) is 5.65. The number of carbonyl (C=O) groups is 2. The fourth-order valence-electron chi connectivity index (χ4n) is 2.15. The minimum atomic E-state index is -0.681. The largest absolute Gasteiger partial charge is 0.353 e. The van der Waals surface area contributed by atoms with Crippen LogP contribution in [0.4, 0.5) is 0 Å². The lowest BCUT2D eigenvalue weighted by molar-refractivity contribution is -0.421. The molecule has 0 aromatic heterocycles. The van der Waals surface area contributed by atoms with E-state index in [9.17, 15) is 9.59 Å². The zero-order valence-corrected chi connectivity index (χ0v) is 13.5. The maximum Gasteiger partial charge on any atom is 0.253 e. The second-order valence-corrected chi connectivity index (χ2v) is 5.67. The molecule has 1 aliphatic rings. The molecule has 6 nitrogen and oxygen atoms in total. The third-order valence-electron chi connectivity index (χ3n) is 3.58. The number of hydrogen-bond donors (Lipinski definition) is 0. The number of ether oxygens (including phenoxy) is 1. The Hall–Kier alpha value is -2.02. The van der Waals surface area contributed by atoms with E-state index in [1.807, 2.05) is 44.2 Å². The molecule has 2 rings (SSSR count). The number of nitrogens with zero attached hydrogens (tertiary/aromatic N) is 1. The van der Waals surface area contributed by atoms with Crippen LogP contribution in [0.5, 0.6) is 0 Å². The van der Waals surface area contributed by atoms with Gasteiger partial charge in [0.1, 0.15) is 5.60 Å². The maximum atomic E-state index is 11.5. The van der Waals surface area contributed by atoms with Crippen molar-refractivity contribution in [2.75, 3.05) is 13.7 Å². The van der Waals surface area contributed by atoms with Crippen molar-refractivity contribution in [3.05, 3.63) is 48.0 Å². The third kappa shape index (κ3) is 4.48. The van der Waals surface area contributed by atoms with Crippen molar-refractivity contribution in [1.29, 1.82) is 0 Å². The van der Waals surface area contributed by atoms with Gasteiger partial charge in [-0.2, -0.15) is 0 Å². The summed E-state index contributed by atoms with van der Waals surface area (Å²) in [5.74, 6) is -0.647. The van der Waals surface area contributed by atoms with Crippen LogP contribution in [0.25, 0.3) is 0 Å². The van der Waals surface area contributed by atoms with Gasteiger partial charge in [0.05, 0.1) is 0 Å². The van der Waals surface area contributed by atoms with E-state index >= 15 is 0 Å². The zero-order chi connectivity index (χ0) is 16.9. The monoisotopic (exact) mass is 319 g/mol. The van der Waals surface area contributed by atoms with Gasteiger partial charge in [-0.15, -0.1) is 0 Å². The summed E-state index contributed by atoms with van der Waals surface area (Å²) in [6.07, 6.45) is 2.14. The summed E-state index contributed by atoms with van der Waals surface area (Å²) in [7, 11) is 1.48. The van der Waals surface area contributed by atoms with Crippen molar-refractivity contribution in [3.8, 4) is 0 Å². The molecule has 6 heteroatoms. The molecular weight excluding hydrogens is 298 g/mol. The molecule has 0 fully saturated rings. The zero-order valence-electron chi connectivity index (χ0n) is 13.5. The Morgan fingerprint density at radius 3 is 2.26 bits per heavy atom. The van der Waals surface area contributed by atoms with Crippen LogP contribution in [-0.4, -0.2) is 36.7 Å². The smallest absolute Gasteiger partial charge is 0.253 e. The molecule has 1 aromatic carbocycles. The number of hydrogen-bond acceptors (Lipinski definition) is 5. The molecule has 1 heterocycles. The first kappa shape index (κ1) is 17.3. The molecule has 1 aromatic rings. The number of amides is 2. The molecule has 1 unspecified atom stereocenters. The molecule has 23 heavy (non-hydrogen) atoms. The fraction of sp³-hybridized carbons (Fsp3) is 0.412. The minimum absolute atomic E-state index is 0.207. The standard InChI is InChI=1S/C17H21NO5/c1-17(2,13-7-5-4-6-8-13)23-22-16(21-3)11-12-18-14(19)9-10-15(18)20/h4-10,16H,11-12H2,1-3H3. The lowest BCUT2D eigenvalue weighted by Crippen LogP contribution is -2.34. The van der Waals surface area contributed by atoms with Crippen molar-refractivity contribution in [3.63, 3.8) is 0 Å². The highest BCUT2D eigenvalue weighted by Gasteiger charge is 2.27. The van der Waals surface area contributed by atoms with Gasteiger partial charge in [0.25, 0.3) is 11.8 Å². The average molecular weight is 319 g/mol. The molecule has 124 valence electrons. The lowest BCUT2D eigenvalue weighted by Gasteiger charge is -2.27. The van der Waals surface area contributed by atoms with Crippen LogP contribution < -0.4 is 0 Å². The summed E-state index contributed by atoms with van der Waals surface area (Å²) in [6.45, 7) is 3.97. The third-order valence-corrected chi connectivity index (χ3v) is 3.58. The van der Waals surface area contributed by atoms with Crippen LogP contribution in [0.2, 0.25) is 0 Å². The van der Waals surface area contributed by atoms with E-state index in [0.29, 0.717) is 6.42 Å². The van der Waals surface area contributed by atoms with Crippen molar-refractivity contribution in [1.82, 2.24) is 4.90 Å². The first-order valence-electron chi connectivity index (χ1n) is 7.40. The molecule has 0 bridgehead atoms. The first-order valence-corrected chi connectivity index (χ1v) is 7.40. The molecule has 0 radical (unpaired) electrons. The van der Waals surface area contributed by atoms with Crippen LogP contribution in [0.15, 0.2) is 42.5 Å². The summed E-state index contributed by atoms with van der Waals surface area (Å²) in [5.41, 5.74) is 0.308. The van der Waals surface area contributed by atoms with E-state index < -0.39 is 11.9 Å². The second-order valence-electron chi connectivity index (χ2n) is 5.67. The van der Waals surface area contributed by atoms with Crippen molar-refractivity contribution >= 4 is 11.8 Å². The normalized spacial score (nSPS) is 16.2. The van der Waals surface area contributed by atoms with Crippen LogP contribution in [-0.2, 0) is 29.7 Å². The summed E-state index contributed by atoms with van der Waals surface area (Å²) in [6, 6.07) is 9.66. The Labute approximate surface area is 135 Å². The molecule has 0 saturated carbocycles. The van der Waals surface area contributed by atoms with Crippen LogP contribution in [0, 0.1) is 0 Å². The highest BCUT2D eigenvalue weighted by Crippen LogP contribution is 2.25. The SMILES string of the molecule is COC(CCN1C(=O)C=CC1=O)OOC(C)(C)c1ccccc1. The number of rotatable bonds is 8. The molecule has 0 spiro atoms. The molecule has 1 atom stereocenters. The minimum Gasteiger partial charge on any atom is -0.353 e. The van der Waals surface area contributed by atoms with Crippen LogP contribution in [0.3, 0.4) is 0 Å². The fourth-order valence-corrected chi connectivity index (χ4v) is 2.15. The van der Waals surface area contributed by atoms with Crippen LogP contribution in [0.1, 0.15) is 25.8 Å². The Morgan fingerprint density at radius 2 is 1.70 bits per heavy atom. The lowest BCUT2D eigenvalue weighted by atomic mass is 9.99. The number of methoxy groups -OCH3 is 1. The van der Waals surface area contributed by atoms with E-state index in [-0.39, 0.29) is 18.4 Å². The van der Waals surface area contributed by atoms with Gasteiger partial charge in [-0.3, -0.25) is 14.5 Å². The van der Waals surface area contributed by atoms with Crippen molar-refractivity contribution in [2.24, 2.45) is 0 Å². The molecule has 0 N–H and O–H groups in total. The average Bonchev–Trinajstić information content (AvgIpc) is 2.87. The van der Waals surface area contributed by atoms with E-state index in [1.54, 1.807) is 0 Å². The topological polar surface area (TPSA) is 65.1 Å². The van der Waals surface area contributed by atoms with Gasteiger partial charge < -0.3 is 4.74 Å². The first-order chi connectivity index (χ1) is 10.9. The molecule has 1 aliphatic heterocycles. The van der Waals surface area contributed by atoms with Crippen molar-refractivity contribution < 1.29 is 24.1 Å². The van der Waals surface area contributed by atoms with Crippen LogP contribution >= 0.6 is 0 Å². The highest BCUT2D eigenvalue weighted by atomic mass is 17.2. The molecular formula is C17H21NO5. The van der Waals surface area contributed by atoms with Gasteiger partial charge in [-0.1, -0.05) is 30.3 Å². The Balaban J connectivity index is 1.85. The van der Waals surface area contributed by atoms with Gasteiger partial charge in [0, 0.05) is 32.2 Å². The van der Waals surface area contributed by atoms with Gasteiger partial charge in [0.15, 0.2) is 6.29 Å². The van der Waals surface area contributed by atoms with Gasteiger partial charge in [0.2, 0.25) is 0 Å². The quantitative estimate of drug-likeness (QED) is 0.318.